The van der Waals surface area contributed by atoms with Gasteiger partial charge in [0.15, 0.2) is 5.96 Å². The first-order valence-corrected chi connectivity index (χ1v) is 9.21. The molecule has 0 radical (unpaired) electrons. The van der Waals surface area contributed by atoms with Gasteiger partial charge < -0.3 is 14.8 Å². The summed E-state index contributed by atoms with van der Waals surface area (Å²) in [6.07, 6.45) is 2.07. The van der Waals surface area contributed by atoms with Gasteiger partial charge in [-0.15, -0.1) is 24.0 Å². The van der Waals surface area contributed by atoms with Crippen molar-refractivity contribution in [1.29, 1.82) is 0 Å². The maximum absolute atomic E-state index is 4.44. The molecule has 2 rings (SSSR count). The van der Waals surface area contributed by atoms with Gasteiger partial charge in [0.25, 0.3) is 0 Å². The Balaban J connectivity index is 0.00000364. The van der Waals surface area contributed by atoms with Crippen molar-refractivity contribution in [3.63, 3.8) is 0 Å². The van der Waals surface area contributed by atoms with Crippen LogP contribution in [-0.4, -0.2) is 47.5 Å². The average molecular weight is 483 g/mol. The summed E-state index contributed by atoms with van der Waals surface area (Å²) in [6.45, 7) is 6.99. The van der Waals surface area contributed by atoms with E-state index in [1.165, 1.54) is 16.8 Å². The van der Waals surface area contributed by atoms with Crippen LogP contribution in [0, 0.1) is 0 Å². The average Bonchev–Trinajstić information content (AvgIpc) is 3.01. The van der Waals surface area contributed by atoms with E-state index < -0.39 is 0 Å². The lowest BCUT2D eigenvalue weighted by Crippen LogP contribution is -2.38. The largest absolute Gasteiger partial charge is 0.353 e. The Bertz CT molecular complexity index is 723. The van der Waals surface area contributed by atoms with Gasteiger partial charge >= 0.3 is 0 Å². The minimum absolute atomic E-state index is 0. The number of halogens is 1. The van der Waals surface area contributed by atoms with Crippen LogP contribution in [0.25, 0.3) is 0 Å². The number of aliphatic imine (C=N–C) groups is 1. The molecule has 0 spiro atoms. The molecule has 0 atom stereocenters. The third-order valence-corrected chi connectivity index (χ3v) is 4.88. The Morgan fingerprint density at radius 3 is 2.30 bits per heavy atom. The zero-order chi connectivity index (χ0) is 19.1. The molecule has 1 N–H and O–H groups in total. The third kappa shape index (κ3) is 6.84. The first kappa shape index (κ1) is 23.5. The van der Waals surface area contributed by atoms with E-state index in [4.69, 9.17) is 0 Å². The van der Waals surface area contributed by atoms with Crippen LogP contribution in [0.3, 0.4) is 0 Å². The van der Waals surface area contributed by atoms with Crippen molar-refractivity contribution in [3.8, 4) is 0 Å². The lowest BCUT2D eigenvalue weighted by atomic mass is 10.1. The summed E-state index contributed by atoms with van der Waals surface area (Å²) in [5.41, 5.74) is 3.93. The molecule has 0 saturated heterocycles. The topological polar surface area (TPSA) is 35.8 Å². The zero-order valence-electron chi connectivity index (χ0n) is 17.4. The van der Waals surface area contributed by atoms with Crippen LogP contribution in [0.5, 0.6) is 0 Å². The van der Waals surface area contributed by atoms with E-state index in [0.717, 1.165) is 25.6 Å². The standard InChI is InChI=1S/C21H33N5.HI/c1-17(2)25(5)15-19-11-8-7-10-18(19)14-23-21(22-3)26(6)16-20-12-9-13-24(20)4;/h7-13,17H,14-16H2,1-6H3,(H,22,23);1H. The smallest absolute Gasteiger partial charge is 0.194 e. The highest BCUT2D eigenvalue weighted by Crippen LogP contribution is 2.13. The van der Waals surface area contributed by atoms with Crippen LogP contribution in [-0.2, 0) is 26.7 Å². The fourth-order valence-electron chi connectivity index (χ4n) is 2.87. The lowest BCUT2D eigenvalue weighted by molar-refractivity contribution is 0.265. The van der Waals surface area contributed by atoms with E-state index in [0.29, 0.717) is 6.04 Å². The van der Waals surface area contributed by atoms with Gasteiger partial charge in [-0.05, 0) is 44.2 Å². The van der Waals surface area contributed by atoms with E-state index >= 15 is 0 Å². The number of aryl methyl sites for hydroxylation is 1. The Morgan fingerprint density at radius 1 is 1.07 bits per heavy atom. The van der Waals surface area contributed by atoms with Crippen LogP contribution < -0.4 is 5.32 Å². The van der Waals surface area contributed by atoms with Gasteiger partial charge in [-0.2, -0.15) is 0 Å². The number of benzene rings is 1. The van der Waals surface area contributed by atoms with Crippen LogP contribution in [0.4, 0.5) is 0 Å². The highest BCUT2D eigenvalue weighted by atomic mass is 127. The predicted octanol–water partition coefficient (Wildman–Crippen LogP) is 3.69. The van der Waals surface area contributed by atoms with E-state index in [1.807, 2.05) is 7.05 Å². The second-order valence-electron chi connectivity index (χ2n) is 7.14. The van der Waals surface area contributed by atoms with Gasteiger partial charge in [-0.3, -0.25) is 9.89 Å². The molecule has 0 fully saturated rings. The molecule has 1 aromatic carbocycles. The maximum atomic E-state index is 4.44. The molecule has 1 aromatic heterocycles. The predicted molar refractivity (Wildman–Crippen MR) is 126 cm³/mol. The van der Waals surface area contributed by atoms with Gasteiger partial charge in [0, 0.05) is 52.2 Å². The molecule has 0 saturated carbocycles. The Labute approximate surface area is 181 Å². The van der Waals surface area contributed by atoms with Gasteiger partial charge in [0.1, 0.15) is 0 Å². The van der Waals surface area contributed by atoms with E-state index in [2.05, 4.69) is 102 Å². The fourth-order valence-corrected chi connectivity index (χ4v) is 2.87. The molecule has 150 valence electrons. The van der Waals surface area contributed by atoms with Crippen molar-refractivity contribution in [3.05, 3.63) is 59.4 Å². The van der Waals surface area contributed by atoms with Gasteiger partial charge in [0.05, 0.1) is 6.54 Å². The second-order valence-corrected chi connectivity index (χ2v) is 7.14. The number of nitrogens with one attached hydrogen (secondary N) is 1. The molecule has 1 heterocycles. The lowest BCUT2D eigenvalue weighted by Gasteiger charge is -2.24. The van der Waals surface area contributed by atoms with Crippen molar-refractivity contribution in [2.75, 3.05) is 21.1 Å². The Hall–Kier alpha value is -1.54. The first-order chi connectivity index (χ1) is 12.4. The minimum Gasteiger partial charge on any atom is -0.353 e. The molecule has 0 aliphatic carbocycles. The number of rotatable bonds is 7. The quantitative estimate of drug-likeness (QED) is 0.371. The molecular weight excluding hydrogens is 449 g/mol. The molecule has 27 heavy (non-hydrogen) atoms. The summed E-state index contributed by atoms with van der Waals surface area (Å²) in [5, 5.41) is 3.51. The summed E-state index contributed by atoms with van der Waals surface area (Å²) in [5.74, 6) is 0.901. The third-order valence-electron chi connectivity index (χ3n) is 4.88. The number of hydrogen-bond donors (Lipinski definition) is 1. The second kappa shape index (κ2) is 11.3. The molecule has 6 heteroatoms. The van der Waals surface area contributed by atoms with Crippen LogP contribution in [0.15, 0.2) is 47.6 Å². The first-order valence-electron chi connectivity index (χ1n) is 9.21. The summed E-state index contributed by atoms with van der Waals surface area (Å²) < 4.78 is 2.14. The van der Waals surface area contributed by atoms with Crippen molar-refractivity contribution >= 4 is 29.9 Å². The van der Waals surface area contributed by atoms with Crippen molar-refractivity contribution < 1.29 is 0 Å². The molecular formula is C21H34IN5. The van der Waals surface area contributed by atoms with Crippen molar-refractivity contribution in [2.45, 2.75) is 39.5 Å². The molecule has 5 nitrogen and oxygen atoms in total. The zero-order valence-corrected chi connectivity index (χ0v) is 19.8. The molecule has 0 unspecified atom stereocenters. The van der Waals surface area contributed by atoms with E-state index in [1.54, 1.807) is 0 Å². The summed E-state index contributed by atoms with van der Waals surface area (Å²) in [4.78, 5) is 8.95. The van der Waals surface area contributed by atoms with E-state index in [-0.39, 0.29) is 24.0 Å². The minimum atomic E-state index is 0. The molecule has 0 aliphatic heterocycles. The SMILES string of the molecule is CN=C(NCc1ccccc1CN(C)C(C)C)N(C)Cc1cccn1C.I. The summed E-state index contributed by atoms with van der Waals surface area (Å²) in [6, 6.07) is 13.4. The Morgan fingerprint density at radius 2 is 1.74 bits per heavy atom. The van der Waals surface area contributed by atoms with Gasteiger partial charge in [-0.1, -0.05) is 24.3 Å². The molecule has 0 amide bonds. The number of hydrogen-bond acceptors (Lipinski definition) is 2. The summed E-state index contributed by atoms with van der Waals surface area (Å²) >= 11 is 0. The normalized spacial score (nSPS) is 11.6. The molecule has 2 aromatic rings. The molecule has 0 aliphatic rings. The number of nitrogens with zero attached hydrogens (tertiary/aromatic N) is 4. The highest BCUT2D eigenvalue weighted by Gasteiger charge is 2.11. The Kier molecular flexibility index (Phi) is 9.87. The number of aromatic nitrogens is 1. The highest BCUT2D eigenvalue weighted by molar-refractivity contribution is 14.0. The van der Waals surface area contributed by atoms with Crippen molar-refractivity contribution in [1.82, 2.24) is 19.7 Å². The van der Waals surface area contributed by atoms with Crippen LogP contribution in [0.2, 0.25) is 0 Å². The monoisotopic (exact) mass is 483 g/mol. The summed E-state index contributed by atoms with van der Waals surface area (Å²) in [7, 11) is 8.14. The number of guanidine groups is 1. The van der Waals surface area contributed by atoms with E-state index in [9.17, 15) is 0 Å². The van der Waals surface area contributed by atoms with Gasteiger partial charge in [-0.25, -0.2) is 0 Å². The van der Waals surface area contributed by atoms with Gasteiger partial charge in [0.2, 0.25) is 0 Å². The maximum Gasteiger partial charge on any atom is 0.194 e. The van der Waals surface area contributed by atoms with Crippen molar-refractivity contribution in [2.24, 2.45) is 12.0 Å². The molecule has 0 bridgehead atoms. The fraction of sp³-hybridized carbons (Fsp3) is 0.476. The van der Waals surface area contributed by atoms with Crippen LogP contribution in [0.1, 0.15) is 30.7 Å². The van der Waals surface area contributed by atoms with Crippen LogP contribution >= 0.6 is 24.0 Å².